The lowest BCUT2D eigenvalue weighted by Crippen LogP contribution is -2.15. The first kappa shape index (κ1) is 15.4. The van der Waals surface area contributed by atoms with Crippen LogP contribution in [0.1, 0.15) is 18.1 Å². The van der Waals surface area contributed by atoms with E-state index in [1.54, 1.807) is 11.8 Å². The first-order valence-corrected chi connectivity index (χ1v) is 8.14. The van der Waals surface area contributed by atoms with Crippen molar-refractivity contribution in [1.82, 2.24) is 0 Å². The Kier molecular flexibility index (Phi) is 5.69. The van der Waals surface area contributed by atoms with Gasteiger partial charge in [-0.2, -0.15) is 0 Å². The van der Waals surface area contributed by atoms with Gasteiger partial charge < -0.3 is 11.1 Å². The number of hydrogen-bond donors (Lipinski definition) is 2. The predicted molar refractivity (Wildman–Crippen MR) is 91.5 cm³/mol. The van der Waals surface area contributed by atoms with Gasteiger partial charge in [0.15, 0.2) is 0 Å². The second-order valence-corrected chi connectivity index (χ2v) is 5.78. The summed E-state index contributed by atoms with van der Waals surface area (Å²) in [5, 5.41) is 2.98. The van der Waals surface area contributed by atoms with Crippen molar-refractivity contribution in [2.24, 2.45) is 0 Å². The topological polar surface area (TPSA) is 55.1 Å². The fourth-order valence-electron chi connectivity index (χ4n) is 2.01. The highest BCUT2D eigenvalue weighted by Gasteiger charge is 2.05. The molecule has 2 aromatic rings. The number of nitrogen functional groups attached to an aromatic ring is 1. The lowest BCUT2D eigenvalue weighted by molar-refractivity contribution is -0.113. The van der Waals surface area contributed by atoms with E-state index < -0.39 is 0 Å². The Hall–Kier alpha value is -1.94. The average Bonchev–Trinajstić information content (AvgIpc) is 2.50. The number of carbonyl (C=O) groups is 1. The number of amides is 1. The van der Waals surface area contributed by atoms with Gasteiger partial charge in [0.2, 0.25) is 5.91 Å². The fourth-order valence-corrected chi connectivity index (χ4v) is 2.80. The number of carbonyl (C=O) groups excluding carboxylic acids is 1. The Balaban J connectivity index is 1.81. The molecule has 0 atom stereocenters. The Morgan fingerprint density at radius 2 is 1.86 bits per heavy atom. The lowest BCUT2D eigenvalue weighted by atomic mass is 10.1. The highest BCUT2D eigenvalue weighted by molar-refractivity contribution is 7.99. The molecule has 2 rings (SSSR count). The second-order valence-electron chi connectivity index (χ2n) is 4.79. The highest BCUT2D eigenvalue weighted by Crippen LogP contribution is 2.17. The third-order valence-corrected chi connectivity index (χ3v) is 4.16. The zero-order chi connectivity index (χ0) is 15.1. The maximum atomic E-state index is 12.0. The number of nitrogens with one attached hydrogen (secondary N) is 1. The normalized spacial score (nSPS) is 10.3. The van der Waals surface area contributed by atoms with Crippen molar-refractivity contribution in [2.45, 2.75) is 19.1 Å². The molecular formula is C17H20N2OS. The van der Waals surface area contributed by atoms with Crippen LogP contribution in [0.2, 0.25) is 0 Å². The molecule has 1 amide bonds. The van der Waals surface area contributed by atoms with Crippen molar-refractivity contribution in [3.8, 4) is 0 Å². The molecule has 0 aliphatic heterocycles. The van der Waals surface area contributed by atoms with Crippen molar-refractivity contribution in [1.29, 1.82) is 0 Å². The summed E-state index contributed by atoms with van der Waals surface area (Å²) in [5.74, 6) is 1.29. The molecule has 3 N–H and O–H groups in total. The molecule has 0 saturated heterocycles. The molecule has 4 heteroatoms. The van der Waals surface area contributed by atoms with Gasteiger partial charge in [0.05, 0.1) is 5.75 Å². The van der Waals surface area contributed by atoms with E-state index in [1.165, 1.54) is 5.56 Å². The first-order valence-electron chi connectivity index (χ1n) is 6.99. The zero-order valence-electron chi connectivity index (χ0n) is 12.1. The Bertz CT molecular complexity index is 596. The minimum absolute atomic E-state index is 0.0383. The molecule has 0 unspecified atom stereocenters. The number of anilines is 2. The van der Waals surface area contributed by atoms with Crippen molar-refractivity contribution < 1.29 is 4.79 Å². The molecule has 0 saturated carbocycles. The summed E-state index contributed by atoms with van der Waals surface area (Å²) in [6, 6.07) is 15.7. The molecule has 0 radical (unpaired) electrons. The summed E-state index contributed by atoms with van der Waals surface area (Å²) in [6.07, 6.45) is 0.912. The summed E-state index contributed by atoms with van der Waals surface area (Å²) in [5.41, 5.74) is 9.66. The van der Waals surface area contributed by atoms with Gasteiger partial charge in [-0.05, 0) is 35.7 Å². The molecule has 0 aliphatic rings. The summed E-state index contributed by atoms with van der Waals surface area (Å²) < 4.78 is 0. The number of thioether (sulfide) groups is 1. The van der Waals surface area contributed by atoms with Gasteiger partial charge >= 0.3 is 0 Å². The maximum absolute atomic E-state index is 12.0. The summed E-state index contributed by atoms with van der Waals surface area (Å²) in [4.78, 5) is 12.0. The second kappa shape index (κ2) is 7.74. The van der Waals surface area contributed by atoms with E-state index in [-0.39, 0.29) is 5.91 Å². The molecule has 2 aromatic carbocycles. The molecule has 0 bridgehead atoms. The SMILES string of the molecule is CCc1ccccc1NC(=O)CSCc1ccc(N)cc1. The monoisotopic (exact) mass is 300 g/mol. The number of para-hydroxylation sites is 1. The number of nitrogens with two attached hydrogens (primary N) is 1. The number of benzene rings is 2. The minimum atomic E-state index is 0.0383. The molecule has 0 fully saturated rings. The van der Waals surface area contributed by atoms with Crippen molar-refractivity contribution in [3.05, 3.63) is 59.7 Å². The Labute approximate surface area is 129 Å². The van der Waals surface area contributed by atoms with Gasteiger partial charge in [-0.1, -0.05) is 37.3 Å². The van der Waals surface area contributed by atoms with E-state index in [0.717, 1.165) is 29.1 Å². The predicted octanol–water partition coefficient (Wildman–Crippen LogP) is 3.70. The van der Waals surface area contributed by atoms with E-state index in [2.05, 4.69) is 12.2 Å². The van der Waals surface area contributed by atoms with Gasteiger partial charge in [-0.3, -0.25) is 4.79 Å². The van der Waals surface area contributed by atoms with E-state index in [4.69, 9.17) is 5.73 Å². The van der Waals surface area contributed by atoms with Gasteiger partial charge in [0.1, 0.15) is 0 Å². The Morgan fingerprint density at radius 3 is 2.57 bits per heavy atom. The summed E-state index contributed by atoms with van der Waals surface area (Å²) >= 11 is 1.60. The Morgan fingerprint density at radius 1 is 1.14 bits per heavy atom. The number of hydrogen-bond acceptors (Lipinski definition) is 3. The molecule has 3 nitrogen and oxygen atoms in total. The molecule has 0 heterocycles. The first-order chi connectivity index (χ1) is 10.2. The van der Waals surface area contributed by atoms with Crippen molar-refractivity contribution in [3.63, 3.8) is 0 Å². The van der Waals surface area contributed by atoms with Crippen LogP contribution in [0.5, 0.6) is 0 Å². The average molecular weight is 300 g/mol. The summed E-state index contributed by atoms with van der Waals surface area (Å²) in [7, 11) is 0. The van der Waals surface area contributed by atoms with Gasteiger partial charge in [-0.15, -0.1) is 11.8 Å². The van der Waals surface area contributed by atoms with Gasteiger partial charge in [0.25, 0.3) is 0 Å². The van der Waals surface area contributed by atoms with Gasteiger partial charge in [-0.25, -0.2) is 0 Å². The van der Waals surface area contributed by atoms with Crippen LogP contribution in [0.25, 0.3) is 0 Å². The standard InChI is InChI=1S/C17H20N2OS/c1-2-14-5-3-4-6-16(14)19-17(20)12-21-11-13-7-9-15(18)10-8-13/h3-10H,2,11-12,18H2,1H3,(H,19,20). The number of rotatable bonds is 6. The van der Waals surface area contributed by atoms with Crippen LogP contribution in [0.4, 0.5) is 11.4 Å². The molecular weight excluding hydrogens is 280 g/mol. The molecule has 0 aromatic heterocycles. The third kappa shape index (κ3) is 4.83. The van der Waals surface area contributed by atoms with E-state index >= 15 is 0 Å². The molecule has 21 heavy (non-hydrogen) atoms. The van der Waals surface area contributed by atoms with Crippen LogP contribution in [-0.2, 0) is 17.0 Å². The van der Waals surface area contributed by atoms with Crippen LogP contribution in [0, 0.1) is 0 Å². The minimum Gasteiger partial charge on any atom is -0.399 e. The van der Waals surface area contributed by atoms with Crippen LogP contribution in [0.15, 0.2) is 48.5 Å². The van der Waals surface area contributed by atoms with Crippen molar-refractivity contribution in [2.75, 3.05) is 16.8 Å². The zero-order valence-corrected chi connectivity index (χ0v) is 13.0. The third-order valence-electron chi connectivity index (χ3n) is 3.15. The fraction of sp³-hybridized carbons (Fsp3) is 0.235. The van der Waals surface area contributed by atoms with E-state index in [0.29, 0.717) is 5.75 Å². The molecule has 0 aliphatic carbocycles. The maximum Gasteiger partial charge on any atom is 0.234 e. The van der Waals surface area contributed by atoms with E-state index in [9.17, 15) is 4.79 Å². The molecule has 0 spiro atoms. The van der Waals surface area contributed by atoms with Crippen LogP contribution in [-0.4, -0.2) is 11.7 Å². The van der Waals surface area contributed by atoms with E-state index in [1.807, 2.05) is 48.5 Å². The summed E-state index contributed by atoms with van der Waals surface area (Å²) in [6.45, 7) is 2.08. The van der Waals surface area contributed by atoms with Crippen LogP contribution >= 0.6 is 11.8 Å². The smallest absolute Gasteiger partial charge is 0.234 e. The lowest BCUT2D eigenvalue weighted by Gasteiger charge is -2.09. The van der Waals surface area contributed by atoms with Gasteiger partial charge in [0, 0.05) is 17.1 Å². The van der Waals surface area contributed by atoms with Crippen LogP contribution in [0.3, 0.4) is 0 Å². The highest BCUT2D eigenvalue weighted by atomic mass is 32.2. The largest absolute Gasteiger partial charge is 0.399 e. The quantitative estimate of drug-likeness (QED) is 0.800. The van der Waals surface area contributed by atoms with Crippen molar-refractivity contribution >= 4 is 29.0 Å². The van der Waals surface area contributed by atoms with Crippen LogP contribution < -0.4 is 11.1 Å². The number of aryl methyl sites for hydroxylation is 1. The molecule has 110 valence electrons.